The molecule has 0 bridgehead atoms. The van der Waals surface area contributed by atoms with E-state index in [2.05, 4.69) is 4.98 Å². The lowest BCUT2D eigenvalue weighted by Crippen LogP contribution is -2.11. The van der Waals surface area contributed by atoms with Crippen molar-refractivity contribution in [1.29, 1.82) is 0 Å². The Balaban J connectivity index is 2.87. The maximum Gasteiger partial charge on any atom is 0.326 e. The molecule has 0 amide bonds. The summed E-state index contributed by atoms with van der Waals surface area (Å²) in [5, 5.41) is 0. The predicted octanol–water partition coefficient (Wildman–Crippen LogP) is 1.57. The van der Waals surface area contributed by atoms with Crippen molar-refractivity contribution in [3.05, 3.63) is 34.0 Å². The molecule has 0 aliphatic rings. The summed E-state index contributed by atoms with van der Waals surface area (Å²) in [5.74, 6) is -0.262. The Labute approximate surface area is 80.2 Å². The number of aryl methyl sites for hydroxylation is 2. The van der Waals surface area contributed by atoms with Crippen LogP contribution >= 0.6 is 0 Å². The van der Waals surface area contributed by atoms with Crippen LogP contribution in [0.4, 0.5) is 4.39 Å². The molecule has 0 radical (unpaired) electrons. The van der Waals surface area contributed by atoms with Crippen molar-refractivity contribution in [2.75, 3.05) is 0 Å². The van der Waals surface area contributed by atoms with Crippen LogP contribution in [-0.4, -0.2) is 9.55 Å². The normalized spacial score (nSPS) is 11.1. The van der Waals surface area contributed by atoms with E-state index >= 15 is 0 Å². The Morgan fingerprint density at radius 1 is 1.50 bits per heavy atom. The van der Waals surface area contributed by atoms with Gasteiger partial charge in [-0.3, -0.25) is 4.57 Å². The molecule has 1 aromatic heterocycles. The van der Waals surface area contributed by atoms with E-state index in [0.29, 0.717) is 17.5 Å². The van der Waals surface area contributed by atoms with Gasteiger partial charge in [0.1, 0.15) is 5.82 Å². The van der Waals surface area contributed by atoms with Crippen LogP contribution in [0, 0.1) is 5.82 Å². The smallest absolute Gasteiger partial charge is 0.305 e. The quantitative estimate of drug-likeness (QED) is 0.735. The summed E-state index contributed by atoms with van der Waals surface area (Å²) < 4.78 is 14.8. The van der Waals surface area contributed by atoms with Gasteiger partial charge in [-0.15, -0.1) is 0 Å². The van der Waals surface area contributed by atoms with Crippen LogP contribution in [0.5, 0.6) is 0 Å². The fourth-order valence-electron chi connectivity index (χ4n) is 1.56. The number of H-pyrrole nitrogens is 1. The van der Waals surface area contributed by atoms with E-state index in [9.17, 15) is 9.18 Å². The zero-order valence-electron chi connectivity index (χ0n) is 8.10. The highest BCUT2D eigenvalue weighted by Gasteiger charge is 2.07. The van der Waals surface area contributed by atoms with Gasteiger partial charge in [0.2, 0.25) is 0 Å². The van der Waals surface area contributed by atoms with Crippen LogP contribution < -0.4 is 5.69 Å². The van der Waals surface area contributed by atoms with Crippen LogP contribution in [0.15, 0.2) is 16.9 Å². The molecule has 0 aliphatic carbocycles. The first-order valence-electron chi connectivity index (χ1n) is 4.50. The minimum Gasteiger partial charge on any atom is -0.305 e. The highest BCUT2D eigenvalue weighted by atomic mass is 19.1. The Morgan fingerprint density at radius 2 is 2.21 bits per heavy atom. The number of benzene rings is 1. The zero-order chi connectivity index (χ0) is 10.3. The standard InChI is InChI=1S/C10H11FN2O/c1-3-6-4-9-8(5-7(6)11)12-10(14)13(9)2/h4-5H,3H2,1-2H3,(H,12,14). The molecule has 1 aromatic carbocycles. The van der Waals surface area contributed by atoms with E-state index in [0.717, 1.165) is 5.52 Å². The molecule has 0 fully saturated rings. The van der Waals surface area contributed by atoms with Crippen molar-refractivity contribution in [1.82, 2.24) is 9.55 Å². The van der Waals surface area contributed by atoms with Gasteiger partial charge in [0.25, 0.3) is 0 Å². The first-order valence-corrected chi connectivity index (χ1v) is 4.50. The zero-order valence-corrected chi connectivity index (χ0v) is 8.10. The van der Waals surface area contributed by atoms with Crippen LogP contribution in [0.3, 0.4) is 0 Å². The first-order chi connectivity index (χ1) is 6.63. The van der Waals surface area contributed by atoms with Gasteiger partial charge >= 0.3 is 5.69 Å². The van der Waals surface area contributed by atoms with Crippen LogP contribution in [-0.2, 0) is 13.5 Å². The lowest BCUT2D eigenvalue weighted by Gasteiger charge is -2.00. The lowest BCUT2D eigenvalue weighted by atomic mass is 10.1. The Morgan fingerprint density at radius 3 is 2.86 bits per heavy atom. The van der Waals surface area contributed by atoms with E-state index in [4.69, 9.17) is 0 Å². The SMILES string of the molecule is CCc1cc2c(cc1F)[nH]c(=O)n2C. The molecule has 0 unspecified atom stereocenters. The minimum atomic E-state index is -0.262. The molecule has 0 atom stereocenters. The number of rotatable bonds is 1. The number of imidazole rings is 1. The molecule has 1 N–H and O–H groups in total. The molecule has 3 nitrogen and oxygen atoms in total. The summed E-state index contributed by atoms with van der Waals surface area (Å²) >= 11 is 0. The van der Waals surface area contributed by atoms with Gasteiger partial charge in [0.15, 0.2) is 0 Å². The fraction of sp³-hybridized carbons (Fsp3) is 0.300. The third kappa shape index (κ3) is 1.14. The van der Waals surface area contributed by atoms with Gasteiger partial charge in [-0.05, 0) is 24.1 Å². The number of nitrogens with one attached hydrogen (secondary N) is 1. The van der Waals surface area contributed by atoms with Crippen molar-refractivity contribution in [3.63, 3.8) is 0 Å². The lowest BCUT2D eigenvalue weighted by molar-refractivity contribution is 0.614. The molecule has 14 heavy (non-hydrogen) atoms. The number of halogens is 1. The number of aromatic nitrogens is 2. The molecular formula is C10H11FN2O. The van der Waals surface area contributed by atoms with Crippen molar-refractivity contribution in [2.45, 2.75) is 13.3 Å². The second kappa shape index (κ2) is 2.97. The largest absolute Gasteiger partial charge is 0.326 e. The molecule has 0 spiro atoms. The third-order valence-electron chi connectivity index (χ3n) is 2.45. The minimum absolute atomic E-state index is 0.215. The van der Waals surface area contributed by atoms with Crippen molar-refractivity contribution >= 4 is 11.0 Å². The maximum absolute atomic E-state index is 13.3. The molecule has 1 heterocycles. The van der Waals surface area contributed by atoms with Gasteiger partial charge in [-0.1, -0.05) is 6.92 Å². The van der Waals surface area contributed by atoms with Crippen LogP contribution in [0.2, 0.25) is 0 Å². The fourth-order valence-corrected chi connectivity index (χ4v) is 1.56. The summed E-state index contributed by atoms with van der Waals surface area (Å²) in [4.78, 5) is 13.8. The second-order valence-corrected chi connectivity index (χ2v) is 3.30. The highest BCUT2D eigenvalue weighted by molar-refractivity contribution is 5.76. The topological polar surface area (TPSA) is 37.8 Å². The first kappa shape index (κ1) is 8.99. The summed E-state index contributed by atoms with van der Waals surface area (Å²) in [6.45, 7) is 1.88. The van der Waals surface area contributed by atoms with Gasteiger partial charge in [0.05, 0.1) is 11.0 Å². The second-order valence-electron chi connectivity index (χ2n) is 3.30. The van der Waals surface area contributed by atoms with Crippen LogP contribution in [0.25, 0.3) is 11.0 Å². The van der Waals surface area contributed by atoms with Gasteiger partial charge < -0.3 is 4.98 Å². The average Bonchev–Trinajstić information content (AvgIpc) is 2.41. The number of aromatic amines is 1. The van der Waals surface area contributed by atoms with E-state index in [1.165, 1.54) is 10.6 Å². The molecule has 0 saturated heterocycles. The third-order valence-corrected chi connectivity index (χ3v) is 2.45. The van der Waals surface area contributed by atoms with Gasteiger partial charge in [0, 0.05) is 7.05 Å². The molecule has 2 aromatic rings. The Kier molecular flexibility index (Phi) is 1.91. The van der Waals surface area contributed by atoms with E-state index < -0.39 is 0 Å². The van der Waals surface area contributed by atoms with Crippen molar-refractivity contribution in [3.8, 4) is 0 Å². The Hall–Kier alpha value is -1.58. The van der Waals surface area contributed by atoms with Crippen molar-refractivity contribution < 1.29 is 4.39 Å². The van der Waals surface area contributed by atoms with E-state index in [-0.39, 0.29) is 11.5 Å². The maximum atomic E-state index is 13.3. The summed E-state index contributed by atoms with van der Waals surface area (Å²) in [6.07, 6.45) is 0.626. The number of fused-ring (bicyclic) bond motifs is 1. The molecule has 0 aliphatic heterocycles. The monoisotopic (exact) mass is 194 g/mol. The molecule has 74 valence electrons. The number of hydrogen-bond acceptors (Lipinski definition) is 1. The van der Waals surface area contributed by atoms with Gasteiger partial charge in [-0.2, -0.15) is 0 Å². The molecule has 2 rings (SSSR count). The Bertz CT molecular complexity index is 539. The number of hydrogen-bond donors (Lipinski definition) is 1. The van der Waals surface area contributed by atoms with E-state index in [1.807, 2.05) is 6.92 Å². The number of nitrogens with zero attached hydrogens (tertiary/aromatic N) is 1. The van der Waals surface area contributed by atoms with Crippen LogP contribution in [0.1, 0.15) is 12.5 Å². The molecule has 4 heteroatoms. The molecular weight excluding hydrogens is 183 g/mol. The van der Waals surface area contributed by atoms with Crippen molar-refractivity contribution in [2.24, 2.45) is 7.05 Å². The average molecular weight is 194 g/mol. The summed E-state index contributed by atoms with van der Waals surface area (Å²) in [7, 11) is 1.67. The predicted molar refractivity (Wildman–Crippen MR) is 52.9 cm³/mol. The van der Waals surface area contributed by atoms with E-state index in [1.54, 1.807) is 13.1 Å². The molecule has 0 saturated carbocycles. The summed E-state index contributed by atoms with van der Waals surface area (Å²) in [5.41, 5.74) is 1.71. The van der Waals surface area contributed by atoms with Gasteiger partial charge in [-0.25, -0.2) is 9.18 Å². The summed E-state index contributed by atoms with van der Waals surface area (Å²) in [6, 6.07) is 3.08. The highest BCUT2D eigenvalue weighted by Crippen LogP contribution is 2.16.